The Bertz CT molecular complexity index is 662. The number of halogens is 3. The average Bonchev–Trinajstić information content (AvgIpc) is 2.41. The molecule has 0 spiro atoms. The third-order valence-electron chi connectivity index (χ3n) is 3.35. The monoisotopic (exact) mass is 356 g/mol. The van der Waals surface area contributed by atoms with Crippen LogP contribution in [0.3, 0.4) is 0 Å². The Labute approximate surface area is 129 Å². The highest BCUT2D eigenvalue weighted by molar-refractivity contribution is 9.10. The van der Waals surface area contributed by atoms with Crippen LogP contribution in [-0.2, 0) is 0 Å². The molecule has 0 aliphatic carbocycles. The number of aliphatic hydroxyl groups is 1. The summed E-state index contributed by atoms with van der Waals surface area (Å²) >= 11 is 9.26. The van der Waals surface area contributed by atoms with E-state index in [-0.39, 0.29) is 5.82 Å². The van der Waals surface area contributed by atoms with Crippen LogP contribution in [0, 0.1) is 5.82 Å². The summed E-state index contributed by atoms with van der Waals surface area (Å²) in [5, 5.41) is 10.6. The van der Waals surface area contributed by atoms with Gasteiger partial charge in [0, 0.05) is 27.0 Å². The maximum absolute atomic E-state index is 13.9. The summed E-state index contributed by atoms with van der Waals surface area (Å²) in [5.74, 6) is 0.174. The minimum absolute atomic E-state index is 0.298. The molecular formula is C15H11BrClFO2. The fourth-order valence-electron chi connectivity index (χ4n) is 2.37. The van der Waals surface area contributed by atoms with Gasteiger partial charge in [0.05, 0.1) is 6.10 Å². The molecule has 1 N–H and O–H groups in total. The molecular weight excluding hydrogens is 347 g/mol. The molecule has 0 saturated carbocycles. The van der Waals surface area contributed by atoms with Gasteiger partial charge in [-0.2, -0.15) is 0 Å². The largest absolute Gasteiger partial charge is 0.485 e. The minimum Gasteiger partial charge on any atom is -0.485 e. The molecule has 0 bridgehead atoms. The normalized spacial score (nSPS) is 21.2. The van der Waals surface area contributed by atoms with Crippen LogP contribution in [0.25, 0.3) is 0 Å². The third-order valence-corrected chi connectivity index (χ3v) is 4.07. The molecule has 2 aromatic carbocycles. The first kappa shape index (κ1) is 13.9. The van der Waals surface area contributed by atoms with Crippen LogP contribution >= 0.6 is 27.5 Å². The summed E-state index contributed by atoms with van der Waals surface area (Å²) in [6.45, 7) is 0. The Morgan fingerprint density at radius 1 is 1.20 bits per heavy atom. The zero-order valence-electron chi connectivity index (χ0n) is 10.3. The highest BCUT2D eigenvalue weighted by Gasteiger charge is 2.29. The molecule has 1 aliphatic heterocycles. The third kappa shape index (κ3) is 2.55. The molecule has 0 amide bonds. The van der Waals surface area contributed by atoms with Crippen molar-refractivity contribution >= 4 is 27.5 Å². The van der Waals surface area contributed by atoms with E-state index in [1.807, 2.05) is 6.07 Å². The number of benzene rings is 2. The zero-order valence-corrected chi connectivity index (χ0v) is 12.7. The molecule has 3 rings (SSSR count). The first-order valence-electron chi connectivity index (χ1n) is 6.13. The van der Waals surface area contributed by atoms with E-state index in [0.29, 0.717) is 28.3 Å². The van der Waals surface area contributed by atoms with E-state index >= 15 is 0 Å². The number of hydrogen-bond donors (Lipinski definition) is 1. The van der Waals surface area contributed by atoms with Gasteiger partial charge in [0.1, 0.15) is 17.7 Å². The van der Waals surface area contributed by atoms with Crippen LogP contribution in [0.4, 0.5) is 4.39 Å². The van der Waals surface area contributed by atoms with Crippen molar-refractivity contribution < 1.29 is 14.2 Å². The number of aliphatic hydroxyl groups excluding tert-OH is 1. The summed E-state index contributed by atoms with van der Waals surface area (Å²) in [5.41, 5.74) is 1.08. The highest BCUT2D eigenvalue weighted by atomic mass is 79.9. The maximum Gasteiger partial charge on any atom is 0.130 e. The van der Waals surface area contributed by atoms with Crippen molar-refractivity contribution in [1.29, 1.82) is 0 Å². The standard InChI is InChI=1S/C15H11BrClFO2/c16-8-1-3-10-13(19)7-15(20-14(10)5-8)11-6-9(17)2-4-12(11)18/h1-6,13,15,19H,7H2/t13-,15?/m0/s1. The van der Waals surface area contributed by atoms with Gasteiger partial charge in [0.2, 0.25) is 0 Å². The Morgan fingerprint density at radius 3 is 2.80 bits per heavy atom. The summed E-state index contributed by atoms with van der Waals surface area (Å²) in [6.07, 6.45) is -0.938. The first-order valence-corrected chi connectivity index (χ1v) is 7.31. The molecule has 0 radical (unpaired) electrons. The molecule has 20 heavy (non-hydrogen) atoms. The zero-order chi connectivity index (χ0) is 14.3. The summed E-state index contributed by atoms with van der Waals surface area (Å²) in [6, 6.07) is 9.75. The van der Waals surface area contributed by atoms with Gasteiger partial charge < -0.3 is 9.84 Å². The molecule has 1 aliphatic rings. The maximum atomic E-state index is 13.9. The van der Waals surface area contributed by atoms with Crippen molar-refractivity contribution in [3.63, 3.8) is 0 Å². The van der Waals surface area contributed by atoms with Crippen LogP contribution in [0.1, 0.15) is 29.8 Å². The topological polar surface area (TPSA) is 29.5 Å². The molecule has 104 valence electrons. The predicted molar refractivity (Wildman–Crippen MR) is 78.5 cm³/mol. The lowest BCUT2D eigenvalue weighted by Crippen LogP contribution is -2.20. The summed E-state index contributed by atoms with van der Waals surface area (Å²) < 4.78 is 20.6. The van der Waals surface area contributed by atoms with Crippen molar-refractivity contribution in [3.05, 3.63) is 62.8 Å². The van der Waals surface area contributed by atoms with Crippen molar-refractivity contribution in [2.75, 3.05) is 0 Å². The molecule has 0 saturated heterocycles. The second-order valence-electron chi connectivity index (χ2n) is 4.71. The molecule has 1 unspecified atom stereocenters. The quantitative estimate of drug-likeness (QED) is 0.794. The van der Waals surface area contributed by atoms with Gasteiger partial charge in [0.25, 0.3) is 0 Å². The lowest BCUT2D eigenvalue weighted by Gasteiger charge is -2.30. The fourth-order valence-corrected chi connectivity index (χ4v) is 2.89. The van der Waals surface area contributed by atoms with E-state index in [2.05, 4.69) is 15.9 Å². The van der Waals surface area contributed by atoms with Crippen LogP contribution in [0.15, 0.2) is 40.9 Å². The Balaban J connectivity index is 2.00. The van der Waals surface area contributed by atoms with Crippen molar-refractivity contribution in [2.24, 2.45) is 0 Å². The van der Waals surface area contributed by atoms with E-state index < -0.39 is 12.2 Å². The van der Waals surface area contributed by atoms with Crippen LogP contribution in [0.5, 0.6) is 5.75 Å². The van der Waals surface area contributed by atoms with E-state index in [9.17, 15) is 9.50 Å². The van der Waals surface area contributed by atoms with Crippen LogP contribution < -0.4 is 4.74 Å². The van der Waals surface area contributed by atoms with Crippen molar-refractivity contribution in [3.8, 4) is 5.75 Å². The van der Waals surface area contributed by atoms with Gasteiger partial charge in [-0.3, -0.25) is 0 Å². The van der Waals surface area contributed by atoms with Gasteiger partial charge in [-0.05, 0) is 30.3 Å². The molecule has 2 atom stereocenters. The summed E-state index contributed by atoms with van der Waals surface area (Å²) in [4.78, 5) is 0. The van der Waals surface area contributed by atoms with Gasteiger partial charge >= 0.3 is 0 Å². The molecule has 2 nitrogen and oxygen atoms in total. The lowest BCUT2D eigenvalue weighted by atomic mass is 9.95. The number of fused-ring (bicyclic) bond motifs is 1. The van der Waals surface area contributed by atoms with Crippen LogP contribution in [-0.4, -0.2) is 5.11 Å². The highest BCUT2D eigenvalue weighted by Crippen LogP contribution is 2.42. The Hall–Kier alpha value is -1.10. The Morgan fingerprint density at radius 2 is 2.00 bits per heavy atom. The molecule has 0 aromatic heterocycles. The SMILES string of the molecule is O[C@H]1CC(c2cc(Cl)ccc2F)Oc2cc(Br)ccc21. The molecule has 1 heterocycles. The Kier molecular flexibility index (Phi) is 3.71. The van der Waals surface area contributed by atoms with Crippen molar-refractivity contribution in [2.45, 2.75) is 18.6 Å². The van der Waals surface area contributed by atoms with Gasteiger partial charge in [-0.1, -0.05) is 33.6 Å². The van der Waals surface area contributed by atoms with E-state index in [1.165, 1.54) is 18.2 Å². The molecule has 5 heteroatoms. The van der Waals surface area contributed by atoms with E-state index in [1.54, 1.807) is 12.1 Å². The smallest absolute Gasteiger partial charge is 0.130 e. The first-order chi connectivity index (χ1) is 9.54. The second-order valence-corrected chi connectivity index (χ2v) is 6.06. The van der Waals surface area contributed by atoms with Gasteiger partial charge in [-0.15, -0.1) is 0 Å². The second kappa shape index (κ2) is 5.35. The average molecular weight is 358 g/mol. The fraction of sp³-hybridized carbons (Fsp3) is 0.200. The van der Waals surface area contributed by atoms with Gasteiger partial charge in [-0.25, -0.2) is 4.39 Å². The minimum atomic E-state index is -0.685. The number of ether oxygens (including phenoxy) is 1. The predicted octanol–water partition coefficient (Wildman–Crippen LogP) is 4.80. The molecule has 2 aromatic rings. The van der Waals surface area contributed by atoms with E-state index in [4.69, 9.17) is 16.3 Å². The van der Waals surface area contributed by atoms with E-state index in [0.717, 1.165) is 4.47 Å². The number of rotatable bonds is 1. The van der Waals surface area contributed by atoms with Gasteiger partial charge in [0.15, 0.2) is 0 Å². The van der Waals surface area contributed by atoms with Crippen LogP contribution in [0.2, 0.25) is 5.02 Å². The van der Waals surface area contributed by atoms with Crippen molar-refractivity contribution in [1.82, 2.24) is 0 Å². The number of hydrogen-bond acceptors (Lipinski definition) is 2. The lowest BCUT2D eigenvalue weighted by molar-refractivity contribution is 0.0639. The summed E-state index contributed by atoms with van der Waals surface area (Å²) in [7, 11) is 0. The molecule has 0 fully saturated rings.